The Bertz CT molecular complexity index is 579. The van der Waals surface area contributed by atoms with Gasteiger partial charge in [0, 0.05) is 0 Å². The molecule has 0 aliphatic carbocycles. The van der Waals surface area contributed by atoms with Crippen LogP contribution < -0.4 is 9.67 Å². The molecule has 1 heterocycles. The summed E-state index contributed by atoms with van der Waals surface area (Å²) in [6.07, 6.45) is 11.7. The van der Waals surface area contributed by atoms with Crippen LogP contribution in [0, 0.1) is 0 Å². The van der Waals surface area contributed by atoms with E-state index in [-0.39, 0.29) is 5.56 Å². The van der Waals surface area contributed by atoms with E-state index in [4.69, 9.17) is 5.11 Å². The van der Waals surface area contributed by atoms with Crippen LogP contribution in [0.5, 0.6) is 5.75 Å². The van der Waals surface area contributed by atoms with Crippen molar-refractivity contribution >= 4 is 5.97 Å². The lowest BCUT2D eigenvalue weighted by molar-refractivity contribution is -0.671. The number of para-hydroxylation sites is 1. The SMILES string of the molecule is CCCCCCn1cc[n+](C)c1.O=C(O)c1ccccc1[O-]. The van der Waals surface area contributed by atoms with E-state index in [2.05, 4.69) is 41.8 Å². The molecular weight excluding hydrogens is 280 g/mol. The molecular formula is C17H24N2O3. The second-order valence-electron chi connectivity index (χ2n) is 5.18. The lowest BCUT2D eigenvalue weighted by atomic mass is 10.2. The molecule has 0 unspecified atom stereocenters. The van der Waals surface area contributed by atoms with Gasteiger partial charge in [-0.1, -0.05) is 43.7 Å². The minimum absolute atomic E-state index is 0.178. The van der Waals surface area contributed by atoms with Crippen molar-refractivity contribution in [1.29, 1.82) is 0 Å². The summed E-state index contributed by atoms with van der Waals surface area (Å²) < 4.78 is 4.33. The molecule has 22 heavy (non-hydrogen) atoms. The summed E-state index contributed by atoms with van der Waals surface area (Å²) in [4.78, 5) is 10.2. The van der Waals surface area contributed by atoms with Gasteiger partial charge in [0.1, 0.15) is 12.4 Å². The van der Waals surface area contributed by atoms with Crippen LogP contribution in [0.2, 0.25) is 0 Å². The molecule has 0 bridgehead atoms. The minimum atomic E-state index is -1.18. The van der Waals surface area contributed by atoms with E-state index in [1.807, 2.05) is 0 Å². The predicted molar refractivity (Wildman–Crippen MR) is 82.6 cm³/mol. The molecule has 2 aromatic rings. The van der Waals surface area contributed by atoms with Gasteiger partial charge >= 0.3 is 5.97 Å². The Morgan fingerprint density at radius 1 is 1.27 bits per heavy atom. The smallest absolute Gasteiger partial charge is 0.335 e. The zero-order valence-electron chi connectivity index (χ0n) is 13.2. The summed E-state index contributed by atoms with van der Waals surface area (Å²) in [5.41, 5.74) is -0.178. The van der Waals surface area contributed by atoms with Gasteiger partial charge in [0.15, 0.2) is 0 Å². The van der Waals surface area contributed by atoms with E-state index < -0.39 is 11.7 Å². The quantitative estimate of drug-likeness (QED) is 0.658. The molecule has 0 saturated heterocycles. The molecule has 1 aromatic carbocycles. The van der Waals surface area contributed by atoms with E-state index in [0.717, 1.165) is 0 Å². The van der Waals surface area contributed by atoms with Gasteiger partial charge in [-0.25, -0.2) is 13.9 Å². The molecule has 0 aliphatic heterocycles. The fourth-order valence-electron chi connectivity index (χ4n) is 2.00. The summed E-state index contributed by atoms with van der Waals surface area (Å²) in [5.74, 6) is -1.62. The first-order valence-corrected chi connectivity index (χ1v) is 7.55. The van der Waals surface area contributed by atoms with Crippen molar-refractivity contribution in [3.05, 3.63) is 48.5 Å². The summed E-state index contributed by atoms with van der Waals surface area (Å²) in [7, 11) is 2.06. The molecule has 0 fully saturated rings. The van der Waals surface area contributed by atoms with E-state index in [1.165, 1.54) is 56.5 Å². The van der Waals surface area contributed by atoms with Crippen LogP contribution in [0.4, 0.5) is 0 Å². The molecule has 5 nitrogen and oxygen atoms in total. The first-order valence-electron chi connectivity index (χ1n) is 7.55. The summed E-state index contributed by atoms with van der Waals surface area (Å²) in [6.45, 7) is 3.41. The summed E-state index contributed by atoms with van der Waals surface area (Å²) in [5, 5.41) is 19.0. The van der Waals surface area contributed by atoms with Crippen LogP contribution in [0.15, 0.2) is 43.0 Å². The lowest BCUT2D eigenvalue weighted by Gasteiger charge is -2.07. The zero-order valence-corrected chi connectivity index (χ0v) is 13.2. The van der Waals surface area contributed by atoms with E-state index in [0.29, 0.717) is 0 Å². The molecule has 1 N–H and O–H groups in total. The van der Waals surface area contributed by atoms with Gasteiger partial charge in [-0.05, 0) is 18.9 Å². The van der Waals surface area contributed by atoms with Gasteiger partial charge in [0.05, 0.1) is 19.2 Å². The van der Waals surface area contributed by atoms with Gasteiger partial charge in [-0.2, -0.15) is 0 Å². The normalized spacial score (nSPS) is 9.91. The third-order valence-electron chi connectivity index (χ3n) is 3.21. The maximum atomic E-state index is 10.7. The number of aryl methyl sites for hydroxylation is 2. The highest BCUT2D eigenvalue weighted by Crippen LogP contribution is 2.10. The third kappa shape index (κ3) is 6.43. The van der Waals surface area contributed by atoms with Gasteiger partial charge in [0.2, 0.25) is 6.33 Å². The number of nitrogens with zero attached hydrogens (tertiary/aromatic N) is 2. The number of rotatable bonds is 6. The third-order valence-corrected chi connectivity index (χ3v) is 3.21. The van der Waals surface area contributed by atoms with Gasteiger partial charge in [-0.15, -0.1) is 0 Å². The molecule has 5 heteroatoms. The topological polar surface area (TPSA) is 69.2 Å². The van der Waals surface area contributed by atoms with Crippen LogP contribution in [-0.2, 0) is 13.6 Å². The Morgan fingerprint density at radius 3 is 2.50 bits per heavy atom. The summed E-state index contributed by atoms with van der Waals surface area (Å²) in [6, 6.07) is 5.54. The molecule has 0 aliphatic rings. The van der Waals surface area contributed by atoms with Crippen molar-refractivity contribution in [2.45, 2.75) is 39.2 Å². The second-order valence-corrected chi connectivity index (χ2v) is 5.18. The Balaban J connectivity index is 0.000000224. The Kier molecular flexibility index (Phi) is 7.75. The average Bonchev–Trinajstić information content (AvgIpc) is 2.90. The fourth-order valence-corrected chi connectivity index (χ4v) is 2.00. The molecule has 0 spiro atoms. The molecule has 120 valence electrons. The van der Waals surface area contributed by atoms with Crippen LogP contribution in [0.3, 0.4) is 0 Å². The minimum Gasteiger partial charge on any atom is -0.872 e. The van der Waals surface area contributed by atoms with Crippen LogP contribution in [-0.4, -0.2) is 15.6 Å². The highest BCUT2D eigenvalue weighted by Gasteiger charge is 2.00. The maximum absolute atomic E-state index is 10.7. The van der Waals surface area contributed by atoms with Crippen molar-refractivity contribution in [3.63, 3.8) is 0 Å². The van der Waals surface area contributed by atoms with Gasteiger partial charge in [0.25, 0.3) is 0 Å². The van der Waals surface area contributed by atoms with Gasteiger partial charge in [-0.3, -0.25) is 0 Å². The maximum Gasteiger partial charge on any atom is 0.335 e. The van der Waals surface area contributed by atoms with Crippen LogP contribution >= 0.6 is 0 Å². The monoisotopic (exact) mass is 304 g/mol. The number of benzene rings is 1. The lowest BCUT2D eigenvalue weighted by Crippen LogP contribution is -2.23. The fraction of sp³-hybridized carbons (Fsp3) is 0.412. The number of aromatic nitrogens is 2. The first-order chi connectivity index (χ1) is 10.5. The number of hydrogen-bond donors (Lipinski definition) is 1. The number of unbranched alkanes of at least 4 members (excludes halogenated alkanes) is 3. The Hall–Kier alpha value is -2.30. The summed E-state index contributed by atoms with van der Waals surface area (Å²) >= 11 is 0. The van der Waals surface area contributed by atoms with Crippen LogP contribution in [0.25, 0.3) is 0 Å². The van der Waals surface area contributed by atoms with E-state index in [1.54, 1.807) is 0 Å². The van der Waals surface area contributed by atoms with Gasteiger partial charge < -0.3 is 10.2 Å². The zero-order chi connectivity index (χ0) is 16.4. The predicted octanol–water partition coefficient (Wildman–Crippen LogP) is 2.35. The number of carboxylic acids is 1. The van der Waals surface area contributed by atoms with Crippen molar-refractivity contribution in [2.75, 3.05) is 0 Å². The standard InChI is InChI=1S/C10H19N2.C7H6O3/c1-3-4-5-6-7-12-9-8-11(2)10-12;8-6-4-2-1-3-5(6)7(9)10/h8-10H,3-7H2,1-2H3;1-4,8H,(H,9,10)/q+1;/p-1. The molecule has 2 rings (SSSR count). The highest BCUT2D eigenvalue weighted by molar-refractivity contribution is 5.90. The molecule has 0 saturated carbocycles. The van der Waals surface area contributed by atoms with Crippen molar-refractivity contribution in [1.82, 2.24) is 4.57 Å². The first kappa shape index (κ1) is 17.8. The van der Waals surface area contributed by atoms with E-state index in [9.17, 15) is 9.90 Å². The number of imidazole rings is 1. The second kappa shape index (κ2) is 9.60. The molecule has 1 aromatic heterocycles. The average molecular weight is 304 g/mol. The molecule has 0 atom stereocenters. The number of hydrogen-bond acceptors (Lipinski definition) is 2. The Labute approximate surface area is 131 Å². The van der Waals surface area contributed by atoms with Crippen LogP contribution in [0.1, 0.15) is 43.0 Å². The number of carbonyl (C=O) groups is 1. The largest absolute Gasteiger partial charge is 0.872 e. The van der Waals surface area contributed by atoms with Crippen molar-refractivity contribution in [3.8, 4) is 5.75 Å². The highest BCUT2D eigenvalue weighted by atomic mass is 16.4. The number of aromatic carboxylic acids is 1. The van der Waals surface area contributed by atoms with Crippen molar-refractivity contribution in [2.24, 2.45) is 7.05 Å². The van der Waals surface area contributed by atoms with E-state index >= 15 is 0 Å². The van der Waals surface area contributed by atoms with Crippen molar-refractivity contribution < 1.29 is 19.6 Å². The molecule has 0 amide bonds. The number of carboxylic acid groups (broad SMARTS) is 1. The molecule has 0 radical (unpaired) electrons. The Morgan fingerprint density at radius 2 is 2.00 bits per heavy atom.